The molecule has 23 heavy (non-hydrogen) atoms. The van der Waals surface area contributed by atoms with Crippen molar-refractivity contribution in [2.45, 2.75) is 25.4 Å². The largest absolute Gasteiger partial charge is 0.350 e. The molecule has 2 aliphatic rings. The third-order valence-electron chi connectivity index (χ3n) is 4.22. The summed E-state index contributed by atoms with van der Waals surface area (Å²) in [6, 6.07) is 6.50. The maximum Gasteiger partial charge on any atom is 0.324 e. The highest BCUT2D eigenvalue weighted by Crippen LogP contribution is 2.31. The van der Waals surface area contributed by atoms with E-state index < -0.39 is 0 Å². The zero-order valence-electron chi connectivity index (χ0n) is 12.7. The fourth-order valence-corrected chi connectivity index (χ4v) is 2.56. The Bertz CT molecular complexity index is 609. The predicted molar refractivity (Wildman–Crippen MR) is 83.4 cm³/mol. The van der Waals surface area contributed by atoms with Gasteiger partial charge in [-0.1, -0.05) is 12.1 Å². The van der Waals surface area contributed by atoms with Crippen LogP contribution in [0.3, 0.4) is 0 Å². The molecule has 1 saturated carbocycles. The first-order valence-corrected chi connectivity index (χ1v) is 7.75. The Morgan fingerprint density at radius 1 is 1.30 bits per heavy atom. The minimum absolute atomic E-state index is 0.0258. The first kappa shape index (κ1) is 15.5. The number of nitrogens with one attached hydrogen (secondary N) is 2. The van der Waals surface area contributed by atoms with Gasteiger partial charge in [-0.25, -0.2) is 4.79 Å². The van der Waals surface area contributed by atoms with E-state index in [0.717, 1.165) is 23.3 Å². The van der Waals surface area contributed by atoms with Crippen molar-refractivity contribution in [3.63, 3.8) is 0 Å². The molecule has 0 spiro atoms. The molecule has 122 valence electrons. The van der Waals surface area contributed by atoms with Gasteiger partial charge in [-0.15, -0.1) is 0 Å². The molecule has 2 fully saturated rings. The second-order valence-corrected chi connectivity index (χ2v) is 6.05. The highest BCUT2D eigenvalue weighted by molar-refractivity contribution is 6.01. The Balaban J connectivity index is 1.54. The summed E-state index contributed by atoms with van der Waals surface area (Å²) in [5.41, 5.74) is 7.29. The van der Waals surface area contributed by atoms with Gasteiger partial charge in [-0.2, -0.15) is 0 Å². The predicted octanol–water partition coefficient (Wildman–Crippen LogP) is 0.206. The van der Waals surface area contributed by atoms with Gasteiger partial charge in [0.15, 0.2) is 0 Å². The van der Waals surface area contributed by atoms with Crippen molar-refractivity contribution < 1.29 is 14.4 Å². The Labute approximate surface area is 134 Å². The molecule has 3 rings (SSSR count). The summed E-state index contributed by atoms with van der Waals surface area (Å²) in [4.78, 5) is 36.2. The average Bonchev–Trinajstić information content (AvgIpc) is 3.36. The van der Waals surface area contributed by atoms with Gasteiger partial charge in [-0.05, 0) is 36.5 Å². The fraction of sp³-hybridized carbons (Fsp3) is 0.438. The smallest absolute Gasteiger partial charge is 0.324 e. The number of imide groups is 1. The quantitative estimate of drug-likeness (QED) is 0.652. The molecule has 4 amide bonds. The van der Waals surface area contributed by atoms with Crippen LogP contribution in [0.2, 0.25) is 0 Å². The number of hydrogen-bond donors (Lipinski definition) is 3. The molecule has 1 unspecified atom stereocenters. The first-order chi connectivity index (χ1) is 11.0. The van der Waals surface area contributed by atoms with Crippen LogP contribution < -0.4 is 16.4 Å². The lowest BCUT2D eigenvalue weighted by Crippen LogP contribution is -2.38. The van der Waals surface area contributed by atoms with E-state index in [1.54, 1.807) is 24.3 Å². The van der Waals surface area contributed by atoms with Crippen molar-refractivity contribution in [3.05, 3.63) is 35.4 Å². The second kappa shape index (κ2) is 6.37. The van der Waals surface area contributed by atoms with E-state index in [9.17, 15) is 14.4 Å². The zero-order chi connectivity index (χ0) is 16.4. The molecule has 1 atom stereocenters. The molecule has 1 heterocycles. The van der Waals surface area contributed by atoms with Gasteiger partial charge in [0.25, 0.3) is 5.91 Å². The summed E-state index contributed by atoms with van der Waals surface area (Å²) in [5.74, 6) is 0.135. The summed E-state index contributed by atoms with van der Waals surface area (Å²) < 4.78 is 0. The van der Waals surface area contributed by atoms with Crippen LogP contribution in [0.4, 0.5) is 4.79 Å². The maximum atomic E-state index is 12.1. The molecule has 0 bridgehead atoms. The Morgan fingerprint density at radius 2 is 2.00 bits per heavy atom. The number of carbonyl (C=O) groups is 3. The fourth-order valence-electron chi connectivity index (χ4n) is 2.56. The van der Waals surface area contributed by atoms with Gasteiger partial charge in [0.05, 0.1) is 13.1 Å². The third kappa shape index (κ3) is 3.68. The van der Waals surface area contributed by atoms with Crippen LogP contribution in [0.5, 0.6) is 0 Å². The lowest BCUT2D eigenvalue weighted by atomic mass is 10.1. The molecule has 1 aromatic rings. The molecule has 1 aromatic carbocycles. The van der Waals surface area contributed by atoms with Gasteiger partial charge < -0.3 is 16.4 Å². The number of hydrogen-bond acceptors (Lipinski definition) is 4. The van der Waals surface area contributed by atoms with Gasteiger partial charge in [0.2, 0.25) is 5.91 Å². The molecule has 7 nitrogen and oxygen atoms in total. The number of carbonyl (C=O) groups excluding carboxylic acids is 3. The first-order valence-electron chi connectivity index (χ1n) is 7.75. The van der Waals surface area contributed by atoms with Crippen molar-refractivity contribution >= 4 is 17.8 Å². The number of rotatable bonds is 6. The molecule has 1 aliphatic heterocycles. The van der Waals surface area contributed by atoms with E-state index in [0.29, 0.717) is 18.0 Å². The highest BCUT2D eigenvalue weighted by atomic mass is 16.2. The molecule has 0 radical (unpaired) electrons. The Kier molecular flexibility index (Phi) is 4.29. The van der Waals surface area contributed by atoms with Gasteiger partial charge in [-0.3, -0.25) is 14.5 Å². The lowest BCUT2D eigenvalue weighted by molar-refractivity contribution is -0.125. The van der Waals surface area contributed by atoms with Gasteiger partial charge >= 0.3 is 6.03 Å². The van der Waals surface area contributed by atoms with E-state index in [1.165, 1.54) is 0 Å². The van der Waals surface area contributed by atoms with Crippen LogP contribution in [0.25, 0.3) is 0 Å². The van der Waals surface area contributed by atoms with Crippen molar-refractivity contribution in [3.8, 4) is 0 Å². The van der Waals surface area contributed by atoms with E-state index >= 15 is 0 Å². The number of nitrogens with zero attached hydrogens (tertiary/aromatic N) is 1. The number of nitrogens with two attached hydrogens (primary N) is 1. The van der Waals surface area contributed by atoms with Crippen molar-refractivity contribution in [1.82, 2.24) is 15.5 Å². The van der Waals surface area contributed by atoms with Crippen molar-refractivity contribution in [1.29, 1.82) is 0 Å². The van der Waals surface area contributed by atoms with Crippen molar-refractivity contribution in [2.24, 2.45) is 11.7 Å². The lowest BCUT2D eigenvalue weighted by Gasteiger charge is -2.13. The topological polar surface area (TPSA) is 105 Å². The van der Waals surface area contributed by atoms with E-state index in [2.05, 4.69) is 10.6 Å². The molecule has 1 saturated heterocycles. The highest BCUT2D eigenvalue weighted by Gasteiger charge is 2.29. The second-order valence-electron chi connectivity index (χ2n) is 6.05. The van der Waals surface area contributed by atoms with Crippen LogP contribution in [0, 0.1) is 5.92 Å². The third-order valence-corrected chi connectivity index (χ3v) is 4.22. The molecule has 0 aromatic heterocycles. The number of amides is 4. The van der Waals surface area contributed by atoms with E-state index in [4.69, 9.17) is 5.73 Å². The van der Waals surface area contributed by atoms with E-state index in [-0.39, 0.29) is 37.0 Å². The minimum Gasteiger partial charge on any atom is -0.350 e. The SMILES string of the molecule is NC(CNC(=O)c1ccc(CN2C(=O)CNC2=O)cc1)C1CC1. The molecule has 4 N–H and O–H groups in total. The number of urea groups is 1. The van der Waals surface area contributed by atoms with Crippen LogP contribution in [0.15, 0.2) is 24.3 Å². The Hall–Kier alpha value is -2.41. The van der Waals surface area contributed by atoms with Gasteiger partial charge in [0, 0.05) is 18.2 Å². The van der Waals surface area contributed by atoms with Crippen molar-refractivity contribution in [2.75, 3.05) is 13.1 Å². The summed E-state index contributed by atoms with van der Waals surface area (Å²) in [5, 5.41) is 5.31. The monoisotopic (exact) mass is 316 g/mol. The summed E-state index contributed by atoms with van der Waals surface area (Å²) in [6.45, 7) is 0.730. The summed E-state index contributed by atoms with van der Waals surface area (Å²) in [6.07, 6.45) is 2.29. The van der Waals surface area contributed by atoms with Crippen LogP contribution in [-0.2, 0) is 11.3 Å². The summed E-state index contributed by atoms with van der Waals surface area (Å²) >= 11 is 0. The maximum absolute atomic E-state index is 12.1. The Morgan fingerprint density at radius 3 is 2.57 bits per heavy atom. The standard InChI is InChI=1S/C16H20N4O3/c17-13(11-5-6-11)7-18-15(22)12-3-1-10(2-4-12)9-20-14(21)8-19-16(20)23/h1-4,11,13H,5-9,17H2,(H,18,22)(H,19,23). The van der Waals surface area contributed by atoms with E-state index in [1.807, 2.05) is 0 Å². The summed E-state index contributed by atoms with van der Waals surface area (Å²) in [7, 11) is 0. The normalized spacial score (nSPS) is 18.7. The minimum atomic E-state index is -0.383. The zero-order valence-corrected chi connectivity index (χ0v) is 12.7. The number of benzene rings is 1. The van der Waals surface area contributed by atoms with Crippen LogP contribution in [-0.4, -0.2) is 41.9 Å². The molecular weight excluding hydrogens is 296 g/mol. The van der Waals surface area contributed by atoms with Gasteiger partial charge in [0.1, 0.15) is 0 Å². The molecule has 7 heteroatoms. The average molecular weight is 316 g/mol. The van der Waals surface area contributed by atoms with Crippen LogP contribution in [0.1, 0.15) is 28.8 Å². The van der Waals surface area contributed by atoms with Crippen LogP contribution >= 0.6 is 0 Å². The molecular formula is C16H20N4O3. The molecule has 1 aliphatic carbocycles.